The molecule has 1 fully saturated rings. The lowest BCUT2D eigenvalue weighted by atomic mass is 10.2. The molecule has 20 heavy (non-hydrogen) atoms. The van der Waals surface area contributed by atoms with Crippen molar-refractivity contribution in [2.45, 2.75) is 42.8 Å². The number of nitrogens with one attached hydrogen (secondary N) is 1. The zero-order chi connectivity index (χ0) is 15.0. The van der Waals surface area contributed by atoms with E-state index in [1.165, 1.54) is 18.2 Å². The fraction of sp³-hybridized carbons (Fsp3) is 0.500. The van der Waals surface area contributed by atoms with Gasteiger partial charge in [-0.1, -0.05) is 12.8 Å². The molecule has 0 heterocycles. The van der Waals surface area contributed by atoms with Gasteiger partial charge in [-0.25, -0.2) is 22.0 Å². The lowest BCUT2D eigenvalue weighted by Crippen LogP contribution is -2.25. The first-order valence-electron chi connectivity index (χ1n) is 6.35. The second-order valence-electron chi connectivity index (χ2n) is 5.08. The van der Waals surface area contributed by atoms with E-state index in [1.54, 1.807) is 6.92 Å². The third-order valence-electron chi connectivity index (χ3n) is 3.52. The second kappa shape index (κ2) is 5.34. The lowest BCUT2D eigenvalue weighted by molar-refractivity contribution is 0.585. The first kappa shape index (κ1) is 15.3. The molecule has 0 atom stereocenters. The molecule has 8 heteroatoms. The van der Waals surface area contributed by atoms with Gasteiger partial charge in [-0.05, 0) is 43.5 Å². The molecule has 2 rings (SSSR count). The van der Waals surface area contributed by atoms with Gasteiger partial charge in [0.25, 0.3) is 0 Å². The monoisotopic (exact) mass is 318 g/mol. The molecule has 1 aromatic rings. The Morgan fingerprint density at radius 2 is 1.75 bits per heavy atom. The third-order valence-corrected chi connectivity index (χ3v) is 6.28. The number of sulfonamides is 2. The van der Waals surface area contributed by atoms with Crippen LogP contribution in [0.3, 0.4) is 0 Å². The van der Waals surface area contributed by atoms with Crippen molar-refractivity contribution in [3.8, 4) is 0 Å². The molecule has 0 bridgehead atoms. The van der Waals surface area contributed by atoms with Crippen LogP contribution in [0.5, 0.6) is 0 Å². The molecule has 1 aromatic carbocycles. The maximum absolute atomic E-state index is 12.2. The normalized spacial score (nSPS) is 17.3. The molecule has 0 aliphatic heterocycles. The summed E-state index contributed by atoms with van der Waals surface area (Å²) >= 11 is 0. The van der Waals surface area contributed by atoms with E-state index < -0.39 is 20.0 Å². The van der Waals surface area contributed by atoms with Crippen LogP contribution in [-0.4, -0.2) is 22.1 Å². The SMILES string of the molecule is Cc1cc(S(N)(=O)=O)ccc1NS(=O)(=O)C1CCCC1. The van der Waals surface area contributed by atoms with E-state index in [2.05, 4.69) is 4.72 Å². The summed E-state index contributed by atoms with van der Waals surface area (Å²) in [5.74, 6) is 0. The van der Waals surface area contributed by atoms with Crippen molar-refractivity contribution in [2.24, 2.45) is 5.14 Å². The van der Waals surface area contributed by atoms with Crippen LogP contribution in [0.15, 0.2) is 23.1 Å². The molecular weight excluding hydrogens is 300 g/mol. The molecule has 0 radical (unpaired) electrons. The summed E-state index contributed by atoms with van der Waals surface area (Å²) in [5, 5.41) is 4.67. The minimum atomic E-state index is -3.78. The summed E-state index contributed by atoms with van der Waals surface area (Å²) in [6.45, 7) is 1.64. The first-order chi connectivity index (χ1) is 9.20. The van der Waals surface area contributed by atoms with Crippen LogP contribution in [0, 0.1) is 6.92 Å². The Morgan fingerprint density at radius 3 is 2.25 bits per heavy atom. The zero-order valence-electron chi connectivity index (χ0n) is 11.2. The largest absolute Gasteiger partial charge is 0.283 e. The number of benzene rings is 1. The van der Waals surface area contributed by atoms with Gasteiger partial charge in [-0.2, -0.15) is 0 Å². The van der Waals surface area contributed by atoms with Gasteiger partial charge >= 0.3 is 0 Å². The van der Waals surface area contributed by atoms with E-state index >= 15 is 0 Å². The predicted octanol–water partition coefficient (Wildman–Crippen LogP) is 1.33. The van der Waals surface area contributed by atoms with Gasteiger partial charge in [0, 0.05) is 0 Å². The van der Waals surface area contributed by atoms with Crippen molar-refractivity contribution in [3.63, 3.8) is 0 Å². The Bertz CT molecular complexity index is 705. The van der Waals surface area contributed by atoms with Crippen LogP contribution in [0.4, 0.5) is 5.69 Å². The van der Waals surface area contributed by atoms with Gasteiger partial charge in [-0.15, -0.1) is 0 Å². The van der Waals surface area contributed by atoms with E-state index in [0.29, 0.717) is 24.1 Å². The number of hydrogen-bond acceptors (Lipinski definition) is 4. The molecule has 0 amide bonds. The molecule has 0 aromatic heterocycles. The van der Waals surface area contributed by atoms with Crippen molar-refractivity contribution in [2.75, 3.05) is 4.72 Å². The van der Waals surface area contributed by atoms with Gasteiger partial charge in [0.1, 0.15) is 0 Å². The summed E-state index contributed by atoms with van der Waals surface area (Å²) < 4.78 is 49.4. The Balaban J connectivity index is 2.26. The van der Waals surface area contributed by atoms with E-state index in [0.717, 1.165) is 12.8 Å². The first-order valence-corrected chi connectivity index (χ1v) is 9.44. The quantitative estimate of drug-likeness (QED) is 0.873. The minimum Gasteiger partial charge on any atom is -0.283 e. The van der Waals surface area contributed by atoms with Gasteiger partial charge in [-0.3, -0.25) is 4.72 Å². The van der Waals surface area contributed by atoms with Gasteiger partial charge < -0.3 is 0 Å². The number of nitrogens with two attached hydrogens (primary N) is 1. The smallest absolute Gasteiger partial charge is 0.238 e. The minimum absolute atomic E-state index is 0.0289. The van der Waals surface area contributed by atoms with Crippen molar-refractivity contribution in [1.82, 2.24) is 0 Å². The van der Waals surface area contributed by atoms with Crippen molar-refractivity contribution in [3.05, 3.63) is 23.8 Å². The Morgan fingerprint density at radius 1 is 1.15 bits per heavy atom. The molecule has 6 nitrogen and oxygen atoms in total. The lowest BCUT2D eigenvalue weighted by Gasteiger charge is -2.15. The molecule has 3 N–H and O–H groups in total. The Hall–Kier alpha value is -1.12. The number of hydrogen-bond donors (Lipinski definition) is 2. The molecule has 1 aliphatic rings. The van der Waals surface area contributed by atoms with Gasteiger partial charge in [0.05, 0.1) is 15.8 Å². The van der Waals surface area contributed by atoms with Gasteiger partial charge in [0.2, 0.25) is 20.0 Å². The topological polar surface area (TPSA) is 106 Å². The van der Waals surface area contributed by atoms with Crippen LogP contribution in [0.25, 0.3) is 0 Å². The summed E-state index contributed by atoms with van der Waals surface area (Å²) in [5.41, 5.74) is 0.919. The van der Waals surface area contributed by atoms with Gasteiger partial charge in [0.15, 0.2) is 0 Å². The van der Waals surface area contributed by atoms with Crippen LogP contribution in [-0.2, 0) is 20.0 Å². The highest BCUT2D eigenvalue weighted by molar-refractivity contribution is 7.93. The van der Waals surface area contributed by atoms with Crippen LogP contribution >= 0.6 is 0 Å². The molecule has 0 spiro atoms. The number of primary sulfonamides is 1. The molecule has 1 aliphatic carbocycles. The summed E-state index contributed by atoms with van der Waals surface area (Å²) in [6, 6.07) is 4.10. The number of aryl methyl sites for hydroxylation is 1. The summed E-state index contributed by atoms with van der Waals surface area (Å²) in [4.78, 5) is -0.0289. The molecule has 1 saturated carbocycles. The highest BCUT2D eigenvalue weighted by Crippen LogP contribution is 2.27. The van der Waals surface area contributed by atoms with Crippen molar-refractivity contribution in [1.29, 1.82) is 0 Å². The summed E-state index contributed by atoms with van der Waals surface area (Å²) in [6.07, 6.45) is 3.19. The molecule has 0 unspecified atom stereocenters. The maximum Gasteiger partial charge on any atom is 0.238 e. The van der Waals surface area contributed by atoms with Crippen LogP contribution in [0.2, 0.25) is 0 Å². The van der Waals surface area contributed by atoms with Crippen LogP contribution in [0.1, 0.15) is 31.2 Å². The highest BCUT2D eigenvalue weighted by atomic mass is 32.2. The average molecular weight is 318 g/mol. The molecular formula is C12H18N2O4S2. The van der Waals surface area contributed by atoms with E-state index in [4.69, 9.17) is 5.14 Å². The van der Waals surface area contributed by atoms with Crippen molar-refractivity contribution < 1.29 is 16.8 Å². The molecule has 0 saturated heterocycles. The van der Waals surface area contributed by atoms with E-state index in [-0.39, 0.29) is 10.1 Å². The third kappa shape index (κ3) is 3.31. The molecule has 112 valence electrons. The van der Waals surface area contributed by atoms with E-state index in [1.807, 2.05) is 0 Å². The summed E-state index contributed by atoms with van der Waals surface area (Å²) in [7, 11) is -7.19. The fourth-order valence-corrected chi connectivity index (χ4v) is 4.62. The fourth-order valence-electron chi connectivity index (χ4n) is 2.36. The Kier molecular flexibility index (Phi) is 4.08. The predicted molar refractivity (Wildman–Crippen MR) is 77.4 cm³/mol. The average Bonchev–Trinajstić information content (AvgIpc) is 2.84. The Labute approximate surface area is 119 Å². The zero-order valence-corrected chi connectivity index (χ0v) is 12.8. The van der Waals surface area contributed by atoms with Crippen LogP contribution < -0.4 is 9.86 Å². The second-order valence-corrected chi connectivity index (χ2v) is 8.60. The maximum atomic E-state index is 12.2. The number of anilines is 1. The highest BCUT2D eigenvalue weighted by Gasteiger charge is 2.29. The van der Waals surface area contributed by atoms with E-state index in [9.17, 15) is 16.8 Å². The number of rotatable bonds is 4. The van der Waals surface area contributed by atoms with Crippen molar-refractivity contribution >= 4 is 25.7 Å². The standard InChI is InChI=1S/C12H18N2O4S2/c1-9-8-11(19(13,15)16)6-7-12(9)14-20(17,18)10-4-2-3-5-10/h6-8,10,14H,2-5H2,1H3,(H2,13,15,16).